The molecule has 0 saturated heterocycles. The van der Waals surface area contributed by atoms with Crippen molar-refractivity contribution in [2.75, 3.05) is 0 Å². The van der Waals surface area contributed by atoms with Crippen molar-refractivity contribution < 1.29 is 4.74 Å². The van der Waals surface area contributed by atoms with Crippen LogP contribution in [0.1, 0.15) is 19.2 Å². The van der Waals surface area contributed by atoms with Crippen molar-refractivity contribution in [1.82, 2.24) is 9.36 Å². The third-order valence-corrected chi connectivity index (χ3v) is 3.23. The van der Waals surface area contributed by atoms with Crippen molar-refractivity contribution in [2.24, 2.45) is 0 Å². The van der Waals surface area contributed by atoms with Crippen LogP contribution in [0.25, 0.3) is 0 Å². The number of hydrogen-bond donors (Lipinski definition) is 0. The van der Waals surface area contributed by atoms with Crippen molar-refractivity contribution in [1.29, 1.82) is 0 Å². The SMILES string of the molecule is CCCc1nsc(Oc2cccc(I)c2)n1. The van der Waals surface area contributed by atoms with Gasteiger partial charge in [-0.05, 0) is 47.2 Å². The topological polar surface area (TPSA) is 35.0 Å². The van der Waals surface area contributed by atoms with E-state index in [0.717, 1.165) is 28.0 Å². The Morgan fingerprint density at radius 1 is 1.44 bits per heavy atom. The van der Waals surface area contributed by atoms with Gasteiger partial charge in [-0.25, -0.2) is 0 Å². The van der Waals surface area contributed by atoms with E-state index in [-0.39, 0.29) is 0 Å². The summed E-state index contributed by atoms with van der Waals surface area (Å²) < 4.78 is 11.0. The van der Waals surface area contributed by atoms with Crippen molar-refractivity contribution in [3.8, 4) is 10.9 Å². The van der Waals surface area contributed by atoms with E-state index in [4.69, 9.17) is 4.74 Å². The van der Waals surface area contributed by atoms with Crippen LogP contribution in [0.3, 0.4) is 0 Å². The zero-order valence-electron chi connectivity index (χ0n) is 8.81. The number of benzene rings is 1. The Hall–Kier alpha value is -0.690. The minimum atomic E-state index is 0.616. The van der Waals surface area contributed by atoms with Gasteiger partial charge in [-0.3, -0.25) is 0 Å². The van der Waals surface area contributed by atoms with Crippen LogP contribution in [0.4, 0.5) is 0 Å². The van der Waals surface area contributed by atoms with Gasteiger partial charge in [0.25, 0.3) is 5.19 Å². The highest BCUT2D eigenvalue weighted by Gasteiger charge is 2.05. The smallest absolute Gasteiger partial charge is 0.298 e. The van der Waals surface area contributed by atoms with Gasteiger partial charge in [0.15, 0.2) is 0 Å². The summed E-state index contributed by atoms with van der Waals surface area (Å²) in [5, 5.41) is 0.616. The van der Waals surface area contributed by atoms with Crippen LogP contribution in [0.5, 0.6) is 10.9 Å². The summed E-state index contributed by atoms with van der Waals surface area (Å²) in [5.41, 5.74) is 0. The lowest BCUT2D eigenvalue weighted by atomic mass is 10.3. The van der Waals surface area contributed by atoms with Crippen molar-refractivity contribution in [2.45, 2.75) is 19.8 Å². The standard InChI is InChI=1S/C11H11IN2OS/c1-2-4-10-13-11(16-14-10)15-9-6-3-5-8(12)7-9/h3,5-7H,2,4H2,1H3. The number of ether oxygens (including phenoxy) is 1. The van der Waals surface area contributed by atoms with E-state index in [1.165, 1.54) is 11.5 Å². The van der Waals surface area contributed by atoms with E-state index < -0.39 is 0 Å². The predicted octanol–water partition coefficient (Wildman–Crippen LogP) is 3.89. The molecule has 0 aliphatic heterocycles. The van der Waals surface area contributed by atoms with Crippen LogP contribution in [0.2, 0.25) is 0 Å². The number of hydrogen-bond acceptors (Lipinski definition) is 4. The van der Waals surface area contributed by atoms with E-state index in [1.807, 2.05) is 24.3 Å². The molecule has 0 aliphatic rings. The van der Waals surface area contributed by atoms with Crippen LogP contribution in [0.15, 0.2) is 24.3 Å². The highest BCUT2D eigenvalue weighted by molar-refractivity contribution is 14.1. The minimum absolute atomic E-state index is 0.616. The molecule has 84 valence electrons. The maximum absolute atomic E-state index is 5.63. The Kier molecular flexibility index (Phi) is 4.11. The molecule has 16 heavy (non-hydrogen) atoms. The zero-order valence-corrected chi connectivity index (χ0v) is 11.8. The molecule has 0 amide bonds. The Labute approximate surface area is 112 Å². The van der Waals surface area contributed by atoms with Crippen molar-refractivity contribution in [3.05, 3.63) is 33.7 Å². The first kappa shape index (κ1) is 11.8. The lowest BCUT2D eigenvalue weighted by Crippen LogP contribution is -1.87. The molecular weight excluding hydrogens is 335 g/mol. The molecule has 2 rings (SSSR count). The normalized spacial score (nSPS) is 10.4. The summed E-state index contributed by atoms with van der Waals surface area (Å²) >= 11 is 3.56. The van der Waals surface area contributed by atoms with Gasteiger partial charge < -0.3 is 4.74 Å². The fourth-order valence-electron chi connectivity index (χ4n) is 1.24. The van der Waals surface area contributed by atoms with E-state index in [0.29, 0.717) is 5.19 Å². The summed E-state index contributed by atoms with van der Waals surface area (Å²) in [4.78, 5) is 4.31. The van der Waals surface area contributed by atoms with Crippen molar-refractivity contribution >= 4 is 34.1 Å². The Morgan fingerprint density at radius 2 is 2.31 bits per heavy atom. The second-order valence-corrected chi connectivity index (χ2v) is 5.25. The predicted molar refractivity (Wildman–Crippen MR) is 73.1 cm³/mol. The number of aryl methyl sites for hydroxylation is 1. The largest absolute Gasteiger partial charge is 0.430 e. The quantitative estimate of drug-likeness (QED) is 0.788. The van der Waals surface area contributed by atoms with Crippen LogP contribution in [-0.2, 0) is 6.42 Å². The Balaban J connectivity index is 2.08. The van der Waals surface area contributed by atoms with Crippen LogP contribution < -0.4 is 4.74 Å². The van der Waals surface area contributed by atoms with Crippen LogP contribution >= 0.6 is 34.1 Å². The average molecular weight is 346 g/mol. The number of aromatic nitrogens is 2. The molecule has 0 fully saturated rings. The van der Waals surface area contributed by atoms with Gasteiger partial charge in [0.1, 0.15) is 11.6 Å². The number of rotatable bonds is 4. The lowest BCUT2D eigenvalue weighted by molar-refractivity contribution is 0.476. The van der Waals surface area contributed by atoms with Gasteiger partial charge in [-0.1, -0.05) is 13.0 Å². The summed E-state index contributed by atoms with van der Waals surface area (Å²) in [6, 6.07) is 7.88. The van der Waals surface area contributed by atoms with Crippen LogP contribution in [-0.4, -0.2) is 9.36 Å². The Bertz CT molecular complexity index is 473. The molecule has 1 aromatic heterocycles. The highest BCUT2D eigenvalue weighted by Crippen LogP contribution is 2.24. The molecule has 0 spiro atoms. The highest BCUT2D eigenvalue weighted by atomic mass is 127. The molecule has 0 saturated carbocycles. The fraction of sp³-hybridized carbons (Fsp3) is 0.273. The first-order valence-electron chi connectivity index (χ1n) is 5.04. The molecule has 3 nitrogen and oxygen atoms in total. The molecule has 0 radical (unpaired) electrons. The molecule has 0 N–H and O–H groups in total. The maximum Gasteiger partial charge on any atom is 0.298 e. The zero-order chi connectivity index (χ0) is 11.4. The van der Waals surface area contributed by atoms with Gasteiger partial charge >= 0.3 is 0 Å². The van der Waals surface area contributed by atoms with Gasteiger partial charge in [0, 0.05) is 21.5 Å². The van der Waals surface area contributed by atoms with Crippen LogP contribution in [0, 0.1) is 3.57 Å². The first-order chi connectivity index (χ1) is 7.78. The second-order valence-electron chi connectivity index (χ2n) is 3.29. The van der Waals surface area contributed by atoms with Gasteiger partial charge in [-0.2, -0.15) is 9.36 Å². The van der Waals surface area contributed by atoms with Gasteiger partial charge in [0.2, 0.25) is 0 Å². The molecule has 0 aliphatic carbocycles. The molecule has 0 atom stereocenters. The molecule has 1 heterocycles. The summed E-state index contributed by atoms with van der Waals surface area (Å²) in [7, 11) is 0. The van der Waals surface area contributed by atoms with Gasteiger partial charge in [-0.15, -0.1) is 0 Å². The van der Waals surface area contributed by atoms with E-state index >= 15 is 0 Å². The minimum Gasteiger partial charge on any atom is -0.430 e. The fourth-order valence-corrected chi connectivity index (χ4v) is 2.35. The first-order valence-corrected chi connectivity index (χ1v) is 6.89. The molecular formula is C11H11IN2OS. The number of halogens is 1. The molecule has 1 aromatic carbocycles. The monoisotopic (exact) mass is 346 g/mol. The Morgan fingerprint density at radius 3 is 3.06 bits per heavy atom. The third-order valence-electron chi connectivity index (χ3n) is 1.92. The lowest BCUT2D eigenvalue weighted by Gasteiger charge is -2.00. The van der Waals surface area contributed by atoms with Gasteiger partial charge in [0.05, 0.1) is 0 Å². The van der Waals surface area contributed by atoms with Crippen molar-refractivity contribution in [3.63, 3.8) is 0 Å². The molecule has 2 aromatic rings. The molecule has 5 heteroatoms. The molecule has 0 unspecified atom stereocenters. The summed E-state index contributed by atoms with van der Waals surface area (Å²) in [5.74, 6) is 1.68. The van der Waals surface area contributed by atoms with E-state index in [1.54, 1.807) is 0 Å². The van der Waals surface area contributed by atoms with E-state index in [9.17, 15) is 0 Å². The average Bonchev–Trinajstić information content (AvgIpc) is 2.66. The summed E-state index contributed by atoms with van der Waals surface area (Å²) in [6.07, 6.45) is 1.96. The maximum atomic E-state index is 5.63. The second kappa shape index (κ2) is 5.58. The van der Waals surface area contributed by atoms with E-state index in [2.05, 4.69) is 38.9 Å². The summed E-state index contributed by atoms with van der Waals surface area (Å²) in [6.45, 7) is 2.11. The number of nitrogens with zero attached hydrogens (tertiary/aromatic N) is 2. The molecule has 0 bridgehead atoms. The third kappa shape index (κ3) is 3.15.